The van der Waals surface area contributed by atoms with Crippen LogP contribution in [0.15, 0.2) is 34.9 Å². The fourth-order valence-electron chi connectivity index (χ4n) is 2.67. The molecular weight excluding hydrogens is 308 g/mol. The average molecular weight is 321 g/mol. The molecule has 0 radical (unpaired) electrons. The zero-order valence-corrected chi connectivity index (χ0v) is 12.3. The van der Waals surface area contributed by atoms with Crippen LogP contribution in [0.25, 0.3) is 0 Å². The largest absolute Gasteiger partial charge is 0.469 e. The third kappa shape index (κ3) is 2.69. The number of hydrogen-bond donors (Lipinski definition) is 1. The summed E-state index contributed by atoms with van der Waals surface area (Å²) in [6.07, 6.45) is 4.21. The van der Waals surface area contributed by atoms with Crippen molar-refractivity contribution >= 4 is 23.2 Å². The van der Waals surface area contributed by atoms with Crippen LogP contribution in [0.5, 0.6) is 0 Å². The Balaban J connectivity index is 1.82. The first-order valence-electron chi connectivity index (χ1n) is 6.87. The van der Waals surface area contributed by atoms with Crippen LogP contribution in [-0.2, 0) is 6.42 Å². The van der Waals surface area contributed by atoms with E-state index in [1.807, 2.05) is 6.07 Å². The van der Waals surface area contributed by atoms with Gasteiger partial charge in [0.25, 0.3) is 11.6 Å². The highest BCUT2D eigenvalue weighted by Gasteiger charge is 2.25. The second kappa shape index (κ2) is 5.81. The van der Waals surface area contributed by atoms with Gasteiger partial charge in [-0.05, 0) is 31.0 Å². The number of nitro benzene ring substituents is 1. The lowest BCUT2D eigenvalue weighted by Crippen LogP contribution is -2.30. The molecule has 7 heteroatoms. The Kier molecular flexibility index (Phi) is 3.85. The molecule has 3 rings (SSSR count). The van der Waals surface area contributed by atoms with Gasteiger partial charge in [-0.1, -0.05) is 11.6 Å². The maximum Gasteiger partial charge on any atom is 0.288 e. The van der Waals surface area contributed by atoms with E-state index in [0.717, 1.165) is 30.6 Å². The van der Waals surface area contributed by atoms with Crippen LogP contribution in [0.1, 0.15) is 40.6 Å². The molecule has 114 valence electrons. The number of amides is 1. The predicted octanol–water partition coefficient (Wildman–Crippen LogP) is 3.65. The molecular formula is C15H13ClN2O4. The number of nitrogens with zero attached hydrogens (tertiary/aromatic N) is 1. The molecule has 0 saturated heterocycles. The first kappa shape index (κ1) is 14.6. The van der Waals surface area contributed by atoms with Gasteiger partial charge in [0.05, 0.1) is 17.2 Å². The number of halogens is 1. The van der Waals surface area contributed by atoms with Gasteiger partial charge in [0.2, 0.25) is 0 Å². The lowest BCUT2D eigenvalue weighted by molar-refractivity contribution is -0.384. The summed E-state index contributed by atoms with van der Waals surface area (Å²) in [5, 5.41) is 13.8. The van der Waals surface area contributed by atoms with Crippen LogP contribution in [0.4, 0.5) is 5.69 Å². The molecule has 1 N–H and O–H groups in total. The van der Waals surface area contributed by atoms with Gasteiger partial charge in [0, 0.05) is 23.6 Å². The molecule has 1 aliphatic rings. The fourth-order valence-corrected chi connectivity index (χ4v) is 2.86. The van der Waals surface area contributed by atoms with Crippen LogP contribution < -0.4 is 5.32 Å². The quantitative estimate of drug-likeness (QED) is 0.691. The Bertz CT molecular complexity index is 741. The minimum absolute atomic E-state index is 0.0105. The minimum Gasteiger partial charge on any atom is -0.469 e. The normalized spacial score (nSPS) is 16.9. The van der Waals surface area contributed by atoms with Crippen molar-refractivity contribution in [2.75, 3.05) is 0 Å². The highest BCUT2D eigenvalue weighted by molar-refractivity contribution is 6.32. The molecule has 1 aromatic heterocycles. The third-order valence-corrected chi connectivity index (χ3v) is 4.08. The van der Waals surface area contributed by atoms with E-state index in [-0.39, 0.29) is 28.2 Å². The van der Waals surface area contributed by atoms with E-state index in [9.17, 15) is 14.9 Å². The summed E-state index contributed by atoms with van der Waals surface area (Å²) in [5.74, 6) is 0.525. The molecule has 0 bridgehead atoms. The Morgan fingerprint density at radius 2 is 2.23 bits per heavy atom. The summed E-state index contributed by atoms with van der Waals surface area (Å²) in [7, 11) is 0. The van der Waals surface area contributed by atoms with Crippen molar-refractivity contribution in [3.63, 3.8) is 0 Å². The average Bonchev–Trinajstić information content (AvgIpc) is 2.97. The standard InChI is InChI=1S/C15H13ClN2O4/c16-11-5-4-9(8-13(11)18(20)21)15(19)17-12-2-1-3-14-10(12)6-7-22-14/h4-8,12H,1-3H2,(H,17,19). The smallest absolute Gasteiger partial charge is 0.288 e. The van der Waals surface area contributed by atoms with Crippen molar-refractivity contribution in [2.45, 2.75) is 25.3 Å². The van der Waals surface area contributed by atoms with Gasteiger partial charge in [0.1, 0.15) is 10.8 Å². The van der Waals surface area contributed by atoms with Crippen LogP contribution >= 0.6 is 11.6 Å². The van der Waals surface area contributed by atoms with E-state index >= 15 is 0 Å². The van der Waals surface area contributed by atoms with Gasteiger partial charge in [-0.25, -0.2) is 0 Å². The molecule has 22 heavy (non-hydrogen) atoms. The van der Waals surface area contributed by atoms with E-state index in [1.165, 1.54) is 18.2 Å². The number of aryl methyl sites for hydroxylation is 1. The van der Waals surface area contributed by atoms with E-state index in [0.29, 0.717) is 0 Å². The van der Waals surface area contributed by atoms with Crippen LogP contribution in [0.2, 0.25) is 5.02 Å². The summed E-state index contributed by atoms with van der Waals surface area (Å²) in [6, 6.07) is 5.74. The number of rotatable bonds is 3. The van der Waals surface area contributed by atoms with Gasteiger partial charge in [-0.3, -0.25) is 14.9 Å². The molecule has 1 atom stereocenters. The molecule has 0 saturated carbocycles. The number of benzene rings is 1. The van der Waals surface area contributed by atoms with Gasteiger partial charge < -0.3 is 9.73 Å². The van der Waals surface area contributed by atoms with Gasteiger partial charge >= 0.3 is 0 Å². The van der Waals surface area contributed by atoms with Crippen molar-refractivity contribution in [1.29, 1.82) is 0 Å². The number of carbonyl (C=O) groups excluding carboxylic acids is 1. The summed E-state index contributed by atoms with van der Waals surface area (Å²) in [6.45, 7) is 0. The summed E-state index contributed by atoms with van der Waals surface area (Å²) >= 11 is 5.75. The number of hydrogen-bond acceptors (Lipinski definition) is 4. The predicted molar refractivity (Wildman–Crippen MR) is 80.0 cm³/mol. The van der Waals surface area contributed by atoms with Crippen LogP contribution in [0.3, 0.4) is 0 Å². The molecule has 6 nitrogen and oxygen atoms in total. The second-order valence-corrected chi connectivity index (χ2v) is 5.55. The Morgan fingerprint density at radius 3 is 3.00 bits per heavy atom. The summed E-state index contributed by atoms with van der Waals surface area (Å²) in [5.41, 5.74) is 0.914. The zero-order valence-electron chi connectivity index (χ0n) is 11.5. The highest BCUT2D eigenvalue weighted by atomic mass is 35.5. The van der Waals surface area contributed by atoms with Crippen LogP contribution in [0, 0.1) is 10.1 Å². The van der Waals surface area contributed by atoms with Gasteiger partial charge in [0.15, 0.2) is 0 Å². The van der Waals surface area contributed by atoms with E-state index in [4.69, 9.17) is 16.0 Å². The number of nitro groups is 1. The van der Waals surface area contributed by atoms with Crippen LogP contribution in [-0.4, -0.2) is 10.8 Å². The molecule has 1 aliphatic carbocycles. The maximum atomic E-state index is 12.3. The fraction of sp³-hybridized carbons (Fsp3) is 0.267. The Labute approximate surface area is 131 Å². The molecule has 0 fully saturated rings. The van der Waals surface area contributed by atoms with Crippen molar-refractivity contribution < 1.29 is 14.1 Å². The SMILES string of the molecule is O=C(NC1CCCc2occc21)c1ccc(Cl)c([N+](=O)[O-])c1. The minimum atomic E-state index is -0.603. The van der Waals surface area contributed by atoms with E-state index < -0.39 is 4.92 Å². The molecule has 1 amide bonds. The van der Waals surface area contributed by atoms with Gasteiger partial charge in [-0.15, -0.1) is 0 Å². The van der Waals surface area contributed by atoms with E-state index in [1.54, 1.807) is 6.26 Å². The molecule has 1 aromatic carbocycles. The number of carbonyl (C=O) groups is 1. The zero-order chi connectivity index (χ0) is 15.7. The van der Waals surface area contributed by atoms with Gasteiger partial charge in [-0.2, -0.15) is 0 Å². The Morgan fingerprint density at radius 1 is 1.41 bits per heavy atom. The lowest BCUT2D eigenvalue weighted by Gasteiger charge is -2.22. The third-order valence-electron chi connectivity index (χ3n) is 3.76. The molecule has 0 spiro atoms. The van der Waals surface area contributed by atoms with Crippen molar-refractivity contribution in [2.24, 2.45) is 0 Å². The topological polar surface area (TPSA) is 85.4 Å². The number of furan rings is 1. The molecule has 1 heterocycles. The monoisotopic (exact) mass is 320 g/mol. The number of nitrogens with one attached hydrogen (secondary N) is 1. The van der Waals surface area contributed by atoms with Crippen molar-refractivity contribution in [3.05, 3.63) is 62.6 Å². The molecule has 1 unspecified atom stereocenters. The summed E-state index contributed by atoms with van der Waals surface area (Å²) in [4.78, 5) is 22.6. The molecule has 0 aliphatic heterocycles. The lowest BCUT2D eigenvalue weighted by atomic mass is 9.93. The first-order valence-corrected chi connectivity index (χ1v) is 7.25. The van der Waals surface area contributed by atoms with Crippen molar-refractivity contribution in [1.82, 2.24) is 5.32 Å². The first-order chi connectivity index (χ1) is 10.6. The second-order valence-electron chi connectivity index (χ2n) is 5.14. The highest BCUT2D eigenvalue weighted by Crippen LogP contribution is 2.31. The van der Waals surface area contributed by atoms with Crippen molar-refractivity contribution in [3.8, 4) is 0 Å². The Hall–Kier alpha value is -2.34. The summed E-state index contributed by atoms with van der Waals surface area (Å²) < 4.78 is 5.38. The molecule has 2 aromatic rings. The van der Waals surface area contributed by atoms with E-state index in [2.05, 4.69) is 5.32 Å². The number of fused-ring (bicyclic) bond motifs is 1. The maximum absolute atomic E-state index is 12.3.